The number of cyclic esters (lactones) is 1. The van der Waals surface area contributed by atoms with E-state index in [0.717, 1.165) is 0 Å². The fourth-order valence-corrected chi connectivity index (χ4v) is 1.00. The Morgan fingerprint density at radius 3 is 2.42 bits per heavy atom. The molecular formula is C6H10O6. The summed E-state index contributed by atoms with van der Waals surface area (Å²) in [5.41, 5.74) is 0. The van der Waals surface area contributed by atoms with Crippen molar-refractivity contribution >= 4 is 5.97 Å². The monoisotopic (exact) mass is 178 g/mol. The molecule has 4 atom stereocenters. The third-order valence-electron chi connectivity index (χ3n) is 1.72. The van der Waals surface area contributed by atoms with Gasteiger partial charge in [0.2, 0.25) is 0 Å². The SMILES string of the molecule is O=C1O[C@H]([C@H](O)CO)[C@H](O)[C@@H]1O. The summed E-state index contributed by atoms with van der Waals surface area (Å²) < 4.78 is 4.39. The van der Waals surface area contributed by atoms with Crippen molar-refractivity contribution in [3.63, 3.8) is 0 Å². The van der Waals surface area contributed by atoms with Crippen LogP contribution in [0.4, 0.5) is 0 Å². The lowest BCUT2D eigenvalue weighted by Crippen LogP contribution is -2.40. The van der Waals surface area contributed by atoms with Crippen LogP contribution in [0, 0.1) is 0 Å². The molecule has 1 fully saturated rings. The van der Waals surface area contributed by atoms with E-state index in [1.165, 1.54) is 0 Å². The molecule has 0 unspecified atom stereocenters. The minimum absolute atomic E-state index is 0.637. The molecule has 1 aliphatic heterocycles. The van der Waals surface area contributed by atoms with E-state index in [-0.39, 0.29) is 0 Å². The number of hydrogen-bond acceptors (Lipinski definition) is 6. The number of carbonyl (C=O) groups is 1. The van der Waals surface area contributed by atoms with Crippen molar-refractivity contribution in [3.8, 4) is 0 Å². The van der Waals surface area contributed by atoms with Gasteiger partial charge >= 0.3 is 5.97 Å². The Morgan fingerprint density at radius 1 is 1.50 bits per heavy atom. The van der Waals surface area contributed by atoms with Crippen molar-refractivity contribution in [1.82, 2.24) is 0 Å². The minimum Gasteiger partial charge on any atom is -0.455 e. The number of esters is 1. The maximum Gasteiger partial charge on any atom is 0.338 e. The topological polar surface area (TPSA) is 107 Å². The van der Waals surface area contributed by atoms with Crippen LogP contribution in [0.15, 0.2) is 0 Å². The molecule has 4 N–H and O–H groups in total. The molecular weight excluding hydrogens is 168 g/mol. The second-order valence-corrected chi connectivity index (χ2v) is 2.59. The lowest BCUT2D eigenvalue weighted by Gasteiger charge is -2.17. The smallest absolute Gasteiger partial charge is 0.338 e. The minimum atomic E-state index is -1.63. The lowest BCUT2D eigenvalue weighted by molar-refractivity contribution is -0.151. The Hall–Kier alpha value is -0.690. The Kier molecular flexibility index (Phi) is 2.63. The zero-order valence-electron chi connectivity index (χ0n) is 6.12. The van der Waals surface area contributed by atoms with Crippen molar-refractivity contribution in [2.45, 2.75) is 24.4 Å². The summed E-state index contributed by atoms with van der Waals surface area (Å²) in [6.45, 7) is -0.637. The van der Waals surface area contributed by atoms with Gasteiger partial charge in [0.25, 0.3) is 0 Å². The molecule has 70 valence electrons. The van der Waals surface area contributed by atoms with Crippen LogP contribution in [-0.4, -0.2) is 57.4 Å². The van der Waals surface area contributed by atoms with Crippen LogP contribution in [-0.2, 0) is 9.53 Å². The molecule has 0 bridgehead atoms. The van der Waals surface area contributed by atoms with Crippen molar-refractivity contribution in [1.29, 1.82) is 0 Å². The molecule has 1 aliphatic rings. The predicted octanol–water partition coefficient (Wildman–Crippen LogP) is -3.01. The fourth-order valence-electron chi connectivity index (χ4n) is 1.00. The van der Waals surface area contributed by atoms with E-state index in [2.05, 4.69) is 4.74 Å². The van der Waals surface area contributed by atoms with Crippen molar-refractivity contribution in [2.24, 2.45) is 0 Å². The van der Waals surface area contributed by atoms with Gasteiger partial charge in [-0.25, -0.2) is 4.79 Å². The normalized spacial score (nSPS) is 38.0. The molecule has 0 aromatic carbocycles. The first-order valence-electron chi connectivity index (χ1n) is 3.43. The zero-order chi connectivity index (χ0) is 9.30. The number of hydrogen-bond donors (Lipinski definition) is 4. The van der Waals surface area contributed by atoms with E-state index in [4.69, 9.17) is 20.4 Å². The predicted molar refractivity (Wildman–Crippen MR) is 35.0 cm³/mol. The van der Waals surface area contributed by atoms with Gasteiger partial charge in [-0.2, -0.15) is 0 Å². The van der Waals surface area contributed by atoms with Gasteiger partial charge in [0.15, 0.2) is 12.2 Å². The first-order valence-corrected chi connectivity index (χ1v) is 3.43. The molecule has 1 heterocycles. The Labute approximate surface area is 68.0 Å². The van der Waals surface area contributed by atoms with Crippen molar-refractivity contribution in [3.05, 3.63) is 0 Å². The lowest BCUT2D eigenvalue weighted by atomic mass is 10.1. The highest BCUT2D eigenvalue weighted by Gasteiger charge is 2.45. The van der Waals surface area contributed by atoms with Gasteiger partial charge in [-0.3, -0.25) is 0 Å². The van der Waals surface area contributed by atoms with E-state index >= 15 is 0 Å². The summed E-state index contributed by atoms with van der Waals surface area (Å²) in [6, 6.07) is 0. The third kappa shape index (κ3) is 1.42. The summed E-state index contributed by atoms with van der Waals surface area (Å²) in [6.07, 6.45) is -5.70. The van der Waals surface area contributed by atoms with Crippen LogP contribution in [0.25, 0.3) is 0 Å². The van der Waals surface area contributed by atoms with Crippen molar-refractivity contribution < 1.29 is 30.0 Å². The number of ether oxygens (including phenoxy) is 1. The second-order valence-electron chi connectivity index (χ2n) is 2.59. The zero-order valence-corrected chi connectivity index (χ0v) is 6.12. The Morgan fingerprint density at radius 2 is 2.08 bits per heavy atom. The number of aliphatic hydroxyl groups excluding tert-OH is 4. The quantitative estimate of drug-likeness (QED) is 0.335. The second kappa shape index (κ2) is 3.36. The molecule has 0 aromatic heterocycles. The molecule has 1 saturated heterocycles. The maximum atomic E-state index is 10.6. The summed E-state index contributed by atoms with van der Waals surface area (Å²) in [5.74, 6) is -0.986. The number of rotatable bonds is 2. The molecule has 0 aliphatic carbocycles. The highest BCUT2D eigenvalue weighted by atomic mass is 16.6. The fraction of sp³-hybridized carbons (Fsp3) is 0.833. The van der Waals surface area contributed by atoms with Crippen LogP contribution in [0.3, 0.4) is 0 Å². The van der Waals surface area contributed by atoms with Gasteiger partial charge in [0, 0.05) is 0 Å². The van der Waals surface area contributed by atoms with Crippen LogP contribution < -0.4 is 0 Å². The maximum absolute atomic E-state index is 10.6. The van der Waals surface area contributed by atoms with E-state index < -0.39 is 37.0 Å². The van der Waals surface area contributed by atoms with Gasteiger partial charge in [-0.05, 0) is 0 Å². The molecule has 6 heteroatoms. The highest BCUT2D eigenvalue weighted by molar-refractivity contribution is 5.77. The van der Waals surface area contributed by atoms with Crippen LogP contribution >= 0.6 is 0 Å². The first kappa shape index (κ1) is 9.40. The molecule has 0 aromatic rings. The summed E-state index contributed by atoms with van der Waals surface area (Å²) >= 11 is 0. The number of carbonyl (C=O) groups excluding carboxylic acids is 1. The van der Waals surface area contributed by atoms with Gasteiger partial charge in [0.05, 0.1) is 6.61 Å². The molecule has 0 radical (unpaired) electrons. The van der Waals surface area contributed by atoms with Gasteiger partial charge in [-0.1, -0.05) is 0 Å². The molecule has 0 amide bonds. The summed E-state index contributed by atoms with van der Waals surface area (Å²) in [7, 11) is 0. The van der Waals surface area contributed by atoms with Crippen molar-refractivity contribution in [2.75, 3.05) is 6.61 Å². The van der Waals surface area contributed by atoms with Crippen LogP contribution in [0.5, 0.6) is 0 Å². The average molecular weight is 178 g/mol. The number of aliphatic hydroxyl groups is 4. The Bertz CT molecular complexity index is 181. The van der Waals surface area contributed by atoms with Gasteiger partial charge < -0.3 is 25.2 Å². The molecule has 0 spiro atoms. The molecule has 1 rings (SSSR count). The largest absolute Gasteiger partial charge is 0.455 e. The van der Waals surface area contributed by atoms with Gasteiger partial charge in [0.1, 0.15) is 12.2 Å². The highest BCUT2D eigenvalue weighted by Crippen LogP contribution is 2.18. The Balaban J connectivity index is 2.64. The van der Waals surface area contributed by atoms with E-state index in [9.17, 15) is 4.79 Å². The molecule has 6 nitrogen and oxygen atoms in total. The van der Waals surface area contributed by atoms with Crippen LogP contribution in [0.2, 0.25) is 0 Å². The summed E-state index contributed by atoms with van der Waals surface area (Å²) in [5, 5.41) is 35.3. The standard InChI is InChI=1S/C6H10O6/c7-1-2(8)5-3(9)4(10)6(11)12-5/h2-5,7-10H,1H2/t2-,3-,4+,5-/m1/s1. The van der Waals surface area contributed by atoms with Crippen LogP contribution in [0.1, 0.15) is 0 Å². The molecule has 12 heavy (non-hydrogen) atoms. The molecule has 0 saturated carbocycles. The summed E-state index contributed by atoms with van der Waals surface area (Å²) in [4.78, 5) is 10.6. The average Bonchev–Trinajstić information content (AvgIpc) is 2.32. The van der Waals surface area contributed by atoms with E-state index in [0.29, 0.717) is 0 Å². The van der Waals surface area contributed by atoms with Gasteiger partial charge in [-0.15, -0.1) is 0 Å². The first-order chi connectivity index (χ1) is 5.57. The third-order valence-corrected chi connectivity index (χ3v) is 1.72. The van der Waals surface area contributed by atoms with E-state index in [1.807, 2.05) is 0 Å². The van der Waals surface area contributed by atoms with E-state index in [1.54, 1.807) is 0 Å².